The minimum absolute atomic E-state index is 0.390. The molecule has 1 aromatic rings. The van der Waals surface area contributed by atoms with Crippen LogP contribution in [-0.4, -0.2) is 33.5 Å². The molecule has 3 nitrogen and oxygen atoms in total. The lowest BCUT2D eigenvalue weighted by Crippen LogP contribution is -2.21. The van der Waals surface area contributed by atoms with E-state index in [2.05, 4.69) is 59.1 Å². The summed E-state index contributed by atoms with van der Waals surface area (Å²) in [7, 11) is 1.69. The number of hydrogen-bond donors (Lipinski definition) is 1. The molecule has 1 rings (SSSR count). The summed E-state index contributed by atoms with van der Waals surface area (Å²) in [4.78, 5) is 0. The molecule has 0 amide bonds. The average Bonchev–Trinajstić information content (AvgIpc) is 2.38. The lowest BCUT2D eigenvalue weighted by atomic mass is 10.1. The third kappa shape index (κ3) is 6.68. The van der Waals surface area contributed by atoms with E-state index in [1.165, 1.54) is 9.13 Å². The first-order valence-corrected chi connectivity index (χ1v) is 7.37. The maximum absolute atomic E-state index is 5.41. The molecule has 0 fully saturated rings. The topological polar surface area (TPSA) is 30.5 Å². The molecule has 102 valence electrons. The maximum Gasteiger partial charge on any atom is 0.0700 e. The Morgan fingerprint density at radius 2 is 1.89 bits per heavy atom. The number of nitrogens with one attached hydrogen (secondary N) is 1. The van der Waals surface area contributed by atoms with Crippen molar-refractivity contribution >= 4 is 22.6 Å². The van der Waals surface area contributed by atoms with Gasteiger partial charge in [-0.05, 0) is 60.2 Å². The summed E-state index contributed by atoms with van der Waals surface area (Å²) in [5.41, 5.74) is 1.33. The van der Waals surface area contributed by atoms with Crippen molar-refractivity contribution in [2.24, 2.45) is 0 Å². The molecular weight excluding hydrogens is 341 g/mol. The van der Waals surface area contributed by atoms with Crippen LogP contribution in [0, 0.1) is 3.57 Å². The van der Waals surface area contributed by atoms with E-state index in [1.807, 2.05) is 0 Å². The molecule has 0 heterocycles. The standard InChI is InChI=1S/C14H22INO2/c1-12(13-4-6-14(15)7-5-13)16-8-3-9-18-11-10-17-2/h4-7,12,16H,3,8-11H2,1-2H3. The molecule has 0 saturated heterocycles. The van der Waals surface area contributed by atoms with Crippen LogP contribution >= 0.6 is 22.6 Å². The van der Waals surface area contributed by atoms with Gasteiger partial charge in [-0.2, -0.15) is 0 Å². The van der Waals surface area contributed by atoms with Gasteiger partial charge in [0.1, 0.15) is 0 Å². The van der Waals surface area contributed by atoms with Crippen LogP contribution in [0.4, 0.5) is 0 Å². The highest BCUT2D eigenvalue weighted by Gasteiger charge is 2.03. The fourth-order valence-electron chi connectivity index (χ4n) is 1.61. The lowest BCUT2D eigenvalue weighted by Gasteiger charge is -2.14. The van der Waals surface area contributed by atoms with Gasteiger partial charge in [-0.3, -0.25) is 0 Å². The molecule has 18 heavy (non-hydrogen) atoms. The van der Waals surface area contributed by atoms with E-state index in [1.54, 1.807) is 7.11 Å². The van der Waals surface area contributed by atoms with Crippen molar-refractivity contribution in [3.63, 3.8) is 0 Å². The predicted molar refractivity (Wildman–Crippen MR) is 82.9 cm³/mol. The van der Waals surface area contributed by atoms with Gasteiger partial charge in [0, 0.05) is 23.3 Å². The molecule has 0 radical (unpaired) electrons. The van der Waals surface area contributed by atoms with Crippen molar-refractivity contribution in [2.75, 3.05) is 33.5 Å². The summed E-state index contributed by atoms with van der Waals surface area (Å²) >= 11 is 2.32. The fraction of sp³-hybridized carbons (Fsp3) is 0.571. The Hall–Kier alpha value is -0.170. The maximum atomic E-state index is 5.41. The largest absolute Gasteiger partial charge is 0.382 e. The first-order valence-electron chi connectivity index (χ1n) is 6.29. The third-order valence-electron chi connectivity index (χ3n) is 2.72. The van der Waals surface area contributed by atoms with E-state index >= 15 is 0 Å². The van der Waals surface area contributed by atoms with Crippen molar-refractivity contribution < 1.29 is 9.47 Å². The van der Waals surface area contributed by atoms with E-state index in [0.29, 0.717) is 19.3 Å². The number of methoxy groups -OCH3 is 1. The van der Waals surface area contributed by atoms with Crippen molar-refractivity contribution in [3.05, 3.63) is 33.4 Å². The van der Waals surface area contributed by atoms with E-state index < -0.39 is 0 Å². The van der Waals surface area contributed by atoms with Crippen LogP contribution in [0.2, 0.25) is 0 Å². The molecule has 4 heteroatoms. The van der Waals surface area contributed by atoms with Gasteiger partial charge in [0.2, 0.25) is 0 Å². The highest BCUT2D eigenvalue weighted by atomic mass is 127. The Bertz CT molecular complexity index is 316. The van der Waals surface area contributed by atoms with Crippen LogP contribution in [0.15, 0.2) is 24.3 Å². The van der Waals surface area contributed by atoms with Gasteiger partial charge >= 0.3 is 0 Å². The predicted octanol–water partition coefficient (Wildman–Crippen LogP) is 2.99. The molecule has 0 aliphatic rings. The third-order valence-corrected chi connectivity index (χ3v) is 3.44. The quantitative estimate of drug-likeness (QED) is 0.541. The van der Waals surface area contributed by atoms with Gasteiger partial charge < -0.3 is 14.8 Å². The summed E-state index contributed by atoms with van der Waals surface area (Å²) in [5.74, 6) is 0. The Morgan fingerprint density at radius 1 is 1.17 bits per heavy atom. The number of halogens is 1. The van der Waals surface area contributed by atoms with Crippen molar-refractivity contribution in [3.8, 4) is 0 Å². The van der Waals surface area contributed by atoms with Gasteiger partial charge in [-0.15, -0.1) is 0 Å². The van der Waals surface area contributed by atoms with E-state index in [-0.39, 0.29) is 0 Å². The van der Waals surface area contributed by atoms with Crippen LogP contribution in [0.5, 0.6) is 0 Å². The van der Waals surface area contributed by atoms with Crippen LogP contribution < -0.4 is 5.32 Å². The van der Waals surface area contributed by atoms with E-state index in [4.69, 9.17) is 9.47 Å². The second kappa shape index (κ2) is 9.72. The van der Waals surface area contributed by atoms with Crippen LogP contribution in [0.25, 0.3) is 0 Å². The summed E-state index contributed by atoms with van der Waals surface area (Å²) in [6.45, 7) is 5.31. The van der Waals surface area contributed by atoms with Gasteiger partial charge in [0.05, 0.1) is 13.2 Å². The first kappa shape index (κ1) is 15.9. The SMILES string of the molecule is COCCOCCCNC(C)c1ccc(I)cc1. The molecule has 0 aromatic heterocycles. The molecular formula is C14H22INO2. The zero-order valence-corrected chi connectivity index (χ0v) is 13.3. The monoisotopic (exact) mass is 363 g/mol. The van der Waals surface area contributed by atoms with E-state index in [9.17, 15) is 0 Å². The van der Waals surface area contributed by atoms with Gasteiger partial charge in [0.15, 0.2) is 0 Å². The summed E-state index contributed by atoms with van der Waals surface area (Å²) < 4.78 is 11.6. The molecule has 0 aliphatic carbocycles. The highest BCUT2D eigenvalue weighted by Crippen LogP contribution is 2.14. The normalized spacial score (nSPS) is 12.6. The molecule has 1 unspecified atom stereocenters. The Labute approximate surface area is 123 Å². The average molecular weight is 363 g/mol. The van der Waals surface area contributed by atoms with Crippen LogP contribution in [0.3, 0.4) is 0 Å². The van der Waals surface area contributed by atoms with E-state index in [0.717, 1.165) is 19.6 Å². The second-order valence-electron chi connectivity index (χ2n) is 4.19. The minimum Gasteiger partial charge on any atom is -0.382 e. The molecule has 0 saturated carbocycles. The van der Waals surface area contributed by atoms with Crippen LogP contribution in [0.1, 0.15) is 24.9 Å². The number of hydrogen-bond acceptors (Lipinski definition) is 3. The molecule has 0 spiro atoms. The minimum atomic E-state index is 0.390. The fourth-order valence-corrected chi connectivity index (χ4v) is 1.97. The van der Waals surface area contributed by atoms with Gasteiger partial charge in [-0.1, -0.05) is 12.1 Å². The number of rotatable bonds is 9. The van der Waals surface area contributed by atoms with Crippen molar-refractivity contribution in [1.82, 2.24) is 5.32 Å². The molecule has 1 N–H and O–H groups in total. The highest BCUT2D eigenvalue weighted by molar-refractivity contribution is 14.1. The second-order valence-corrected chi connectivity index (χ2v) is 5.43. The smallest absolute Gasteiger partial charge is 0.0700 e. The Balaban J connectivity index is 2.10. The van der Waals surface area contributed by atoms with Gasteiger partial charge in [-0.25, -0.2) is 0 Å². The van der Waals surface area contributed by atoms with Gasteiger partial charge in [0.25, 0.3) is 0 Å². The Kier molecular flexibility index (Phi) is 8.58. The summed E-state index contributed by atoms with van der Waals surface area (Å²) in [5, 5.41) is 3.50. The Morgan fingerprint density at radius 3 is 2.56 bits per heavy atom. The van der Waals surface area contributed by atoms with Crippen molar-refractivity contribution in [1.29, 1.82) is 0 Å². The summed E-state index contributed by atoms with van der Waals surface area (Å²) in [6.07, 6.45) is 1.03. The van der Waals surface area contributed by atoms with Crippen molar-refractivity contribution in [2.45, 2.75) is 19.4 Å². The lowest BCUT2D eigenvalue weighted by molar-refractivity contribution is 0.0693. The number of ether oxygens (including phenoxy) is 2. The zero-order chi connectivity index (χ0) is 13.2. The molecule has 0 aliphatic heterocycles. The molecule has 1 atom stereocenters. The number of benzene rings is 1. The van der Waals surface area contributed by atoms with Crippen LogP contribution in [-0.2, 0) is 9.47 Å². The summed E-state index contributed by atoms with van der Waals surface area (Å²) in [6, 6.07) is 9.02. The molecule has 1 aromatic carbocycles. The first-order chi connectivity index (χ1) is 8.74. The molecule has 0 bridgehead atoms. The zero-order valence-electron chi connectivity index (χ0n) is 11.1.